The normalized spacial score (nSPS) is 21.2. The van der Waals surface area contributed by atoms with Crippen molar-refractivity contribution in [1.29, 1.82) is 0 Å². The lowest BCUT2D eigenvalue weighted by atomic mass is 9.99. The van der Waals surface area contributed by atoms with Gasteiger partial charge in [-0.1, -0.05) is 6.92 Å². The number of morpholine rings is 1. The maximum atomic E-state index is 5.55. The van der Waals surface area contributed by atoms with E-state index in [0.717, 1.165) is 83.1 Å². The Morgan fingerprint density at radius 2 is 1.65 bits per heavy atom. The van der Waals surface area contributed by atoms with Crippen LogP contribution in [0.4, 0.5) is 17.6 Å². The Labute approximate surface area is 191 Å². The van der Waals surface area contributed by atoms with E-state index in [0.29, 0.717) is 11.1 Å². The number of nitrogens with zero attached hydrogens (tertiary/aromatic N) is 5. The number of anilines is 3. The highest BCUT2D eigenvalue weighted by atomic mass is 32.1. The maximum absolute atomic E-state index is 5.55. The molecule has 0 radical (unpaired) electrons. The standard InChI is InChI=1S/C22H37N7OS/c1-18-5-10-29(11-6-18)20-17-19(28-8-3-2-4-9-28)24-21(25-20)26-22(31)23-7-12-27-13-15-30-16-14-27/h17-18H,2-16H2,1H3,(H2,23,24,25,26,31). The SMILES string of the molecule is CC1CCN(c2cc(N3CCCCC3)nc(NC(=S)NCCN3CCOCC3)n2)CC1. The molecule has 4 rings (SSSR count). The molecule has 172 valence electrons. The quantitative estimate of drug-likeness (QED) is 0.640. The second kappa shape index (κ2) is 11.2. The van der Waals surface area contributed by atoms with Crippen LogP contribution >= 0.6 is 12.2 Å². The molecule has 0 spiro atoms. The van der Waals surface area contributed by atoms with Crippen LogP contribution in [0, 0.1) is 5.92 Å². The fourth-order valence-corrected chi connectivity index (χ4v) is 4.65. The Balaban J connectivity index is 1.39. The van der Waals surface area contributed by atoms with Gasteiger partial charge < -0.3 is 25.2 Å². The minimum atomic E-state index is 0.585. The van der Waals surface area contributed by atoms with Gasteiger partial charge in [0.15, 0.2) is 5.11 Å². The van der Waals surface area contributed by atoms with Crippen LogP contribution in [0.15, 0.2) is 6.07 Å². The molecule has 1 aromatic rings. The molecule has 3 aliphatic rings. The molecule has 3 aliphatic heterocycles. The number of hydrogen-bond donors (Lipinski definition) is 2. The minimum Gasteiger partial charge on any atom is -0.379 e. The highest BCUT2D eigenvalue weighted by Gasteiger charge is 2.21. The molecule has 4 heterocycles. The summed E-state index contributed by atoms with van der Waals surface area (Å²) in [4.78, 5) is 16.8. The summed E-state index contributed by atoms with van der Waals surface area (Å²) in [5.41, 5.74) is 0. The third-order valence-electron chi connectivity index (χ3n) is 6.53. The topological polar surface area (TPSA) is 68.8 Å². The molecule has 31 heavy (non-hydrogen) atoms. The van der Waals surface area contributed by atoms with E-state index in [1.165, 1.54) is 32.1 Å². The summed E-state index contributed by atoms with van der Waals surface area (Å²) in [7, 11) is 0. The Hall–Kier alpha value is -1.71. The summed E-state index contributed by atoms with van der Waals surface area (Å²) >= 11 is 5.55. The van der Waals surface area contributed by atoms with E-state index < -0.39 is 0 Å². The van der Waals surface area contributed by atoms with E-state index in [9.17, 15) is 0 Å². The van der Waals surface area contributed by atoms with Crippen molar-refractivity contribution in [2.45, 2.75) is 39.0 Å². The lowest BCUT2D eigenvalue weighted by Crippen LogP contribution is -2.42. The van der Waals surface area contributed by atoms with Crippen molar-refractivity contribution in [2.24, 2.45) is 5.92 Å². The van der Waals surface area contributed by atoms with Crippen molar-refractivity contribution < 1.29 is 4.74 Å². The molecule has 8 nitrogen and oxygen atoms in total. The van der Waals surface area contributed by atoms with Gasteiger partial charge in [0, 0.05) is 58.4 Å². The first-order chi connectivity index (χ1) is 15.2. The van der Waals surface area contributed by atoms with Gasteiger partial charge in [0.1, 0.15) is 11.6 Å². The summed E-state index contributed by atoms with van der Waals surface area (Å²) in [6.45, 7) is 11.9. The van der Waals surface area contributed by atoms with Gasteiger partial charge >= 0.3 is 0 Å². The Morgan fingerprint density at radius 1 is 1.00 bits per heavy atom. The van der Waals surface area contributed by atoms with Crippen LogP contribution in [0.3, 0.4) is 0 Å². The predicted octanol–water partition coefficient (Wildman–Crippen LogP) is 2.32. The van der Waals surface area contributed by atoms with Crippen LogP contribution in [-0.2, 0) is 4.74 Å². The summed E-state index contributed by atoms with van der Waals surface area (Å²) in [5.74, 6) is 3.42. The average Bonchev–Trinajstić information content (AvgIpc) is 2.80. The van der Waals surface area contributed by atoms with Crippen LogP contribution in [0.1, 0.15) is 39.0 Å². The third-order valence-corrected chi connectivity index (χ3v) is 6.78. The van der Waals surface area contributed by atoms with E-state index in [1.54, 1.807) is 0 Å². The monoisotopic (exact) mass is 447 g/mol. The first-order valence-corrected chi connectivity index (χ1v) is 12.3. The molecule has 3 fully saturated rings. The van der Waals surface area contributed by atoms with Crippen molar-refractivity contribution in [2.75, 3.05) is 80.7 Å². The van der Waals surface area contributed by atoms with Crippen LogP contribution in [0.25, 0.3) is 0 Å². The highest BCUT2D eigenvalue weighted by molar-refractivity contribution is 7.80. The van der Waals surface area contributed by atoms with Gasteiger partial charge in [0.05, 0.1) is 13.2 Å². The van der Waals surface area contributed by atoms with E-state index in [2.05, 4.69) is 38.3 Å². The number of piperidine rings is 2. The van der Waals surface area contributed by atoms with Crippen molar-refractivity contribution in [1.82, 2.24) is 20.2 Å². The number of aromatic nitrogens is 2. The zero-order valence-corrected chi connectivity index (χ0v) is 19.6. The molecule has 0 aromatic carbocycles. The smallest absolute Gasteiger partial charge is 0.232 e. The third kappa shape index (κ3) is 6.63. The van der Waals surface area contributed by atoms with Crippen LogP contribution in [-0.4, -0.2) is 85.6 Å². The molecule has 0 unspecified atom stereocenters. The molecule has 0 atom stereocenters. The van der Waals surface area contributed by atoms with Crippen molar-refractivity contribution >= 4 is 34.9 Å². The summed E-state index contributed by atoms with van der Waals surface area (Å²) in [6.07, 6.45) is 6.19. The van der Waals surface area contributed by atoms with E-state index in [4.69, 9.17) is 26.9 Å². The van der Waals surface area contributed by atoms with E-state index >= 15 is 0 Å². The number of hydrogen-bond acceptors (Lipinski definition) is 7. The van der Waals surface area contributed by atoms with Gasteiger partial charge in [-0.05, 0) is 50.2 Å². The van der Waals surface area contributed by atoms with Crippen molar-refractivity contribution in [3.05, 3.63) is 6.07 Å². The maximum Gasteiger partial charge on any atom is 0.232 e. The molecule has 1 aromatic heterocycles. The first-order valence-electron chi connectivity index (χ1n) is 11.9. The molecule has 0 saturated carbocycles. The highest BCUT2D eigenvalue weighted by Crippen LogP contribution is 2.27. The lowest BCUT2D eigenvalue weighted by molar-refractivity contribution is 0.0389. The zero-order valence-electron chi connectivity index (χ0n) is 18.8. The summed E-state index contributed by atoms with van der Waals surface area (Å²) in [6, 6.07) is 2.17. The predicted molar refractivity (Wildman–Crippen MR) is 130 cm³/mol. The zero-order chi connectivity index (χ0) is 21.5. The van der Waals surface area contributed by atoms with Crippen molar-refractivity contribution in [3.63, 3.8) is 0 Å². The van der Waals surface area contributed by atoms with Gasteiger partial charge in [-0.3, -0.25) is 4.90 Å². The lowest BCUT2D eigenvalue weighted by Gasteiger charge is -2.33. The number of nitrogens with one attached hydrogen (secondary N) is 2. The second-order valence-electron chi connectivity index (χ2n) is 8.96. The van der Waals surface area contributed by atoms with Crippen molar-refractivity contribution in [3.8, 4) is 0 Å². The fourth-order valence-electron chi connectivity index (χ4n) is 4.46. The Kier molecular flexibility index (Phi) is 8.15. The Morgan fingerprint density at radius 3 is 2.32 bits per heavy atom. The molecule has 9 heteroatoms. The molecule has 0 amide bonds. The minimum absolute atomic E-state index is 0.585. The van der Waals surface area contributed by atoms with Gasteiger partial charge in [-0.15, -0.1) is 0 Å². The molecule has 2 N–H and O–H groups in total. The molecular weight excluding hydrogens is 410 g/mol. The molecule has 0 bridgehead atoms. The molecular formula is C22H37N7OS. The second-order valence-corrected chi connectivity index (χ2v) is 9.37. The van der Waals surface area contributed by atoms with E-state index in [-0.39, 0.29) is 0 Å². The van der Waals surface area contributed by atoms with Gasteiger partial charge in [-0.2, -0.15) is 9.97 Å². The largest absolute Gasteiger partial charge is 0.379 e. The van der Waals surface area contributed by atoms with Gasteiger partial charge in [-0.25, -0.2) is 0 Å². The Bertz CT molecular complexity index is 714. The number of thiocarbonyl (C=S) groups is 1. The van der Waals surface area contributed by atoms with Crippen LogP contribution < -0.4 is 20.4 Å². The average molecular weight is 448 g/mol. The van der Waals surface area contributed by atoms with Gasteiger partial charge in [0.25, 0.3) is 0 Å². The summed E-state index contributed by atoms with van der Waals surface area (Å²) in [5, 5.41) is 7.15. The molecule has 0 aliphatic carbocycles. The summed E-state index contributed by atoms with van der Waals surface area (Å²) < 4.78 is 5.41. The molecule has 3 saturated heterocycles. The van der Waals surface area contributed by atoms with E-state index in [1.807, 2.05) is 0 Å². The van der Waals surface area contributed by atoms with Gasteiger partial charge in [0.2, 0.25) is 5.95 Å². The fraction of sp³-hybridized carbons (Fsp3) is 0.773. The number of ether oxygens (including phenoxy) is 1. The first kappa shape index (κ1) is 22.5. The number of rotatable bonds is 6. The van der Waals surface area contributed by atoms with Crippen LogP contribution in [0.2, 0.25) is 0 Å². The van der Waals surface area contributed by atoms with Crippen LogP contribution in [0.5, 0.6) is 0 Å².